The summed E-state index contributed by atoms with van der Waals surface area (Å²) in [6, 6.07) is 0.206. The lowest BCUT2D eigenvalue weighted by molar-refractivity contribution is -0.137. The van der Waals surface area contributed by atoms with Gasteiger partial charge in [-0.05, 0) is 26.7 Å². The zero-order valence-corrected chi connectivity index (χ0v) is 13.8. The van der Waals surface area contributed by atoms with Gasteiger partial charge in [-0.25, -0.2) is 9.78 Å². The summed E-state index contributed by atoms with van der Waals surface area (Å²) in [7, 11) is 0. The minimum Gasteiger partial charge on any atom is -0.506 e. The van der Waals surface area contributed by atoms with E-state index in [0.29, 0.717) is 5.56 Å². The van der Waals surface area contributed by atoms with Crippen LogP contribution < -0.4 is 0 Å². The molecule has 0 saturated heterocycles. The van der Waals surface area contributed by atoms with Crippen LogP contribution >= 0.6 is 23.2 Å². The molecule has 2 rings (SSSR count). The van der Waals surface area contributed by atoms with Crippen molar-refractivity contribution in [3.63, 3.8) is 0 Å². The van der Waals surface area contributed by atoms with Crippen molar-refractivity contribution in [1.82, 2.24) is 4.98 Å². The first-order valence-electron chi connectivity index (χ1n) is 6.90. The fraction of sp³-hybridized carbons (Fsp3) is 0.400. The third kappa shape index (κ3) is 3.78. The number of halogens is 2. The molecule has 118 valence electrons. The molecule has 0 aromatic carbocycles. The Bertz CT molecular complexity index is 652. The van der Waals surface area contributed by atoms with Crippen molar-refractivity contribution in [2.75, 3.05) is 6.61 Å². The molecule has 1 saturated carbocycles. The Labute approximate surface area is 138 Å². The molecule has 0 aliphatic heterocycles. The number of aliphatic imine (C=N–C) groups is 1. The monoisotopic (exact) mass is 342 g/mol. The first-order chi connectivity index (χ1) is 10.5. The highest BCUT2D eigenvalue weighted by Gasteiger charge is 2.23. The Hall–Kier alpha value is -1.59. The molecule has 0 radical (unpaired) electrons. The van der Waals surface area contributed by atoms with E-state index in [1.165, 1.54) is 12.4 Å². The van der Waals surface area contributed by atoms with E-state index in [-0.39, 0.29) is 39.7 Å². The van der Waals surface area contributed by atoms with Gasteiger partial charge in [-0.15, -0.1) is 0 Å². The molecule has 1 N–H and O–H groups in total. The number of carbonyl (C=O) groups is 1. The van der Waals surface area contributed by atoms with E-state index in [1.807, 2.05) is 0 Å². The summed E-state index contributed by atoms with van der Waals surface area (Å²) >= 11 is 12.1. The number of rotatable bonds is 5. The number of nitrogens with zero attached hydrogens (tertiary/aromatic N) is 2. The summed E-state index contributed by atoms with van der Waals surface area (Å²) in [5.74, 6) is -0.979. The van der Waals surface area contributed by atoms with Gasteiger partial charge in [0, 0.05) is 18.0 Å². The number of aliphatic hydroxyl groups is 1. The lowest BCUT2D eigenvalue weighted by Gasteiger charge is -2.10. The molecule has 0 amide bonds. The summed E-state index contributed by atoms with van der Waals surface area (Å²) in [6.07, 6.45) is 4.62. The van der Waals surface area contributed by atoms with Gasteiger partial charge in [-0.3, -0.25) is 4.99 Å². The van der Waals surface area contributed by atoms with Gasteiger partial charge in [-0.2, -0.15) is 0 Å². The minimum atomic E-state index is -0.659. The molecule has 7 heteroatoms. The van der Waals surface area contributed by atoms with E-state index in [2.05, 4.69) is 9.98 Å². The van der Waals surface area contributed by atoms with Gasteiger partial charge in [0.1, 0.15) is 16.5 Å². The van der Waals surface area contributed by atoms with Gasteiger partial charge >= 0.3 is 5.97 Å². The van der Waals surface area contributed by atoms with Gasteiger partial charge < -0.3 is 9.84 Å². The summed E-state index contributed by atoms with van der Waals surface area (Å²) < 4.78 is 4.96. The molecule has 1 fully saturated rings. The number of aromatic nitrogens is 1. The van der Waals surface area contributed by atoms with Crippen molar-refractivity contribution in [2.24, 2.45) is 4.99 Å². The van der Waals surface area contributed by atoms with Crippen LogP contribution in [0.1, 0.15) is 30.9 Å². The molecule has 1 aliphatic carbocycles. The van der Waals surface area contributed by atoms with Gasteiger partial charge in [0.2, 0.25) is 0 Å². The molecular weight excluding hydrogens is 327 g/mol. The molecule has 0 spiro atoms. The third-order valence-corrected chi connectivity index (χ3v) is 4.02. The third-order valence-electron chi connectivity index (χ3n) is 3.15. The average Bonchev–Trinajstić information content (AvgIpc) is 3.29. The van der Waals surface area contributed by atoms with E-state index in [0.717, 1.165) is 12.8 Å². The van der Waals surface area contributed by atoms with Crippen LogP contribution in [0.3, 0.4) is 0 Å². The Morgan fingerprint density at radius 2 is 2.23 bits per heavy atom. The number of hydrogen-bond donors (Lipinski definition) is 1. The summed E-state index contributed by atoms with van der Waals surface area (Å²) in [5.41, 5.74) is 0.697. The highest BCUT2D eigenvalue weighted by atomic mass is 35.5. The second-order valence-corrected chi connectivity index (χ2v) is 5.63. The second kappa shape index (κ2) is 7.11. The minimum absolute atomic E-state index is 0.0424. The molecule has 0 atom stereocenters. The maximum atomic E-state index is 12.0. The topological polar surface area (TPSA) is 71.8 Å². The van der Waals surface area contributed by atoms with Crippen molar-refractivity contribution in [2.45, 2.75) is 32.7 Å². The summed E-state index contributed by atoms with van der Waals surface area (Å²) in [5, 5.41) is 10.9. The predicted molar refractivity (Wildman–Crippen MR) is 86.7 cm³/mol. The zero-order valence-electron chi connectivity index (χ0n) is 12.3. The Kier molecular flexibility index (Phi) is 5.42. The predicted octanol–water partition coefficient (Wildman–Crippen LogP) is 3.76. The molecule has 22 heavy (non-hydrogen) atoms. The Morgan fingerprint density at radius 3 is 2.82 bits per heavy atom. The SMILES string of the molecule is CCOC(=O)/C(C=NC1CC1)=C(\O)c1cnc(Cl)c(C)c1Cl. The van der Waals surface area contributed by atoms with E-state index < -0.39 is 5.97 Å². The Balaban J connectivity index is 2.47. The van der Waals surface area contributed by atoms with Crippen LogP contribution in [-0.2, 0) is 9.53 Å². The van der Waals surface area contributed by atoms with Crippen LogP contribution in [0.25, 0.3) is 5.76 Å². The molecular formula is C15H16Cl2N2O3. The highest BCUT2D eigenvalue weighted by molar-refractivity contribution is 6.36. The molecule has 1 heterocycles. The first kappa shape index (κ1) is 16.8. The normalized spacial score (nSPS) is 15.8. The van der Waals surface area contributed by atoms with Crippen LogP contribution in [0, 0.1) is 6.92 Å². The second-order valence-electron chi connectivity index (χ2n) is 4.89. The Morgan fingerprint density at radius 1 is 1.55 bits per heavy atom. The van der Waals surface area contributed by atoms with Crippen LogP contribution in [0.5, 0.6) is 0 Å². The van der Waals surface area contributed by atoms with E-state index in [9.17, 15) is 9.90 Å². The summed E-state index contributed by atoms with van der Waals surface area (Å²) in [6.45, 7) is 3.56. The zero-order chi connectivity index (χ0) is 16.3. The molecule has 1 aromatic rings. The quantitative estimate of drug-likeness (QED) is 0.290. The molecule has 1 aromatic heterocycles. The van der Waals surface area contributed by atoms with E-state index in [1.54, 1.807) is 13.8 Å². The van der Waals surface area contributed by atoms with Gasteiger partial charge in [0.15, 0.2) is 0 Å². The van der Waals surface area contributed by atoms with Crippen molar-refractivity contribution < 1.29 is 14.6 Å². The number of ether oxygens (including phenoxy) is 1. The summed E-state index contributed by atoms with van der Waals surface area (Å²) in [4.78, 5) is 20.2. The van der Waals surface area contributed by atoms with Crippen LogP contribution in [0.2, 0.25) is 10.2 Å². The van der Waals surface area contributed by atoms with Crippen LogP contribution in [-0.4, -0.2) is 34.9 Å². The average molecular weight is 343 g/mol. The van der Waals surface area contributed by atoms with E-state index in [4.69, 9.17) is 27.9 Å². The van der Waals surface area contributed by atoms with E-state index >= 15 is 0 Å². The van der Waals surface area contributed by atoms with Gasteiger partial charge in [0.25, 0.3) is 0 Å². The number of esters is 1. The van der Waals surface area contributed by atoms with Crippen molar-refractivity contribution in [3.8, 4) is 0 Å². The smallest absolute Gasteiger partial charge is 0.343 e. The van der Waals surface area contributed by atoms with Crippen LogP contribution in [0.15, 0.2) is 16.8 Å². The first-order valence-corrected chi connectivity index (χ1v) is 7.65. The maximum Gasteiger partial charge on any atom is 0.343 e. The van der Waals surface area contributed by atoms with Crippen molar-refractivity contribution in [3.05, 3.63) is 33.1 Å². The molecule has 5 nitrogen and oxygen atoms in total. The standard InChI is InChI=1S/C15H16Cl2N2O3/c1-3-22-15(21)11(7-18-9-4-5-9)13(20)10-6-19-14(17)8(2)12(10)16/h6-7,9,20H,3-5H2,1-2H3/b13-11-,18-7?. The highest BCUT2D eigenvalue weighted by Crippen LogP contribution is 2.30. The molecule has 0 bridgehead atoms. The number of aliphatic hydroxyl groups excluding tert-OH is 1. The number of pyridine rings is 1. The lowest BCUT2D eigenvalue weighted by Crippen LogP contribution is -2.12. The fourth-order valence-electron chi connectivity index (χ4n) is 1.70. The fourth-order valence-corrected chi connectivity index (χ4v) is 2.12. The van der Waals surface area contributed by atoms with Crippen molar-refractivity contribution in [1.29, 1.82) is 0 Å². The molecule has 0 unspecified atom stereocenters. The number of hydrogen-bond acceptors (Lipinski definition) is 5. The molecule has 1 aliphatic rings. The largest absolute Gasteiger partial charge is 0.506 e. The lowest BCUT2D eigenvalue weighted by atomic mass is 10.1. The van der Waals surface area contributed by atoms with Gasteiger partial charge in [0.05, 0.1) is 23.2 Å². The van der Waals surface area contributed by atoms with Gasteiger partial charge in [-0.1, -0.05) is 23.2 Å². The maximum absolute atomic E-state index is 12.0. The van der Waals surface area contributed by atoms with Crippen LogP contribution in [0.4, 0.5) is 0 Å². The number of carbonyl (C=O) groups excluding carboxylic acids is 1. The van der Waals surface area contributed by atoms with Crippen molar-refractivity contribution >= 4 is 41.1 Å².